The Morgan fingerprint density at radius 1 is 1.10 bits per heavy atom. The van der Waals surface area contributed by atoms with E-state index in [1.807, 2.05) is 23.1 Å². The molecule has 2 aromatic rings. The molecule has 1 aliphatic heterocycles. The summed E-state index contributed by atoms with van der Waals surface area (Å²) in [6.45, 7) is 1.22. The number of alkyl halides is 3. The highest BCUT2D eigenvalue weighted by Crippen LogP contribution is 2.33. The second-order valence-electron chi connectivity index (χ2n) is 4.74. The summed E-state index contributed by atoms with van der Waals surface area (Å²) in [4.78, 5) is 5.43. The van der Waals surface area contributed by atoms with E-state index in [-0.39, 0.29) is 0 Å². The van der Waals surface area contributed by atoms with Crippen LogP contribution in [-0.4, -0.2) is 4.98 Å². The maximum Gasteiger partial charge on any atom is 0.433 e. The van der Waals surface area contributed by atoms with Crippen molar-refractivity contribution in [3.8, 4) is 0 Å². The molecule has 0 amide bonds. The maximum absolute atomic E-state index is 12.5. The number of halogens is 3. The Kier molecular flexibility index (Phi) is 2.81. The van der Waals surface area contributed by atoms with E-state index in [1.54, 1.807) is 0 Å². The second-order valence-corrected chi connectivity index (χ2v) is 4.74. The van der Waals surface area contributed by atoms with Crippen LogP contribution in [0.5, 0.6) is 0 Å². The van der Waals surface area contributed by atoms with Crippen LogP contribution in [0.3, 0.4) is 0 Å². The highest BCUT2D eigenvalue weighted by atomic mass is 19.4. The fourth-order valence-corrected chi connectivity index (χ4v) is 2.37. The number of nitrogen functional groups attached to an aromatic ring is 1. The van der Waals surface area contributed by atoms with Gasteiger partial charge in [0.2, 0.25) is 0 Å². The zero-order valence-electron chi connectivity index (χ0n) is 10.5. The third kappa shape index (κ3) is 2.17. The number of nitrogens with zero attached hydrogens (tertiary/aromatic N) is 2. The molecule has 0 radical (unpaired) electrons. The van der Waals surface area contributed by atoms with E-state index in [4.69, 9.17) is 5.73 Å². The number of benzene rings is 1. The van der Waals surface area contributed by atoms with Gasteiger partial charge < -0.3 is 10.6 Å². The minimum Gasteiger partial charge on any atom is -0.398 e. The highest BCUT2D eigenvalue weighted by Gasteiger charge is 2.32. The predicted molar refractivity (Wildman–Crippen MR) is 70.0 cm³/mol. The van der Waals surface area contributed by atoms with Crippen LogP contribution in [-0.2, 0) is 19.3 Å². The molecule has 0 aliphatic carbocycles. The molecule has 20 heavy (non-hydrogen) atoms. The highest BCUT2D eigenvalue weighted by molar-refractivity contribution is 5.59. The van der Waals surface area contributed by atoms with Crippen molar-refractivity contribution in [1.29, 1.82) is 0 Å². The molecule has 0 saturated heterocycles. The SMILES string of the molecule is Nc1cccc2c1CN(c1ccc(C(F)(F)F)nc1)C2. The summed E-state index contributed by atoms with van der Waals surface area (Å²) in [7, 11) is 0. The standard InChI is InChI=1S/C14H12F3N3/c15-14(16,17)13-5-4-10(6-19-13)20-7-9-2-1-3-12(18)11(9)8-20/h1-6H,7-8,18H2. The maximum atomic E-state index is 12.5. The molecule has 0 unspecified atom stereocenters. The van der Waals surface area contributed by atoms with Gasteiger partial charge in [0.25, 0.3) is 0 Å². The van der Waals surface area contributed by atoms with Crippen molar-refractivity contribution in [1.82, 2.24) is 4.98 Å². The third-order valence-electron chi connectivity index (χ3n) is 3.42. The van der Waals surface area contributed by atoms with E-state index in [1.165, 1.54) is 12.3 Å². The van der Waals surface area contributed by atoms with E-state index >= 15 is 0 Å². The Bertz CT molecular complexity index is 635. The van der Waals surface area contributed by atoms with Crippen LogP contribution < -0.4 is 10.6 Å². The number of fused-ring (bicyclic) bond motifs is 1. The molecule has 1 aromatic heterocycles. The molecule has 6 heteroatoms. The van der Waals surface area contributed by atoms with Crippen LogP contribution in [0.1, 0.15) is 16.8 Å². The average molecular weight is 279 g/mol. The number of aromatic nitrogens is 1. The van der Waals surface area contributed by atoms with Crippen LogP contribution in [0.2, 0.25) is 0 Å². The minimum absolute atomic E-state index is 0.592. The van der Waals surface area contributed by atoms with Gasteiger partial charge in [-0.25, -0.2) is 4.98 Å². The lowest BCUT2D eigenvalue weighted by atomic mass is 10.1. The van der Waals surface area contributed by atoms with Gasteiger partial charge in [-0.05, 0) is 29.3 Å². The topological polar surface area (TPSA) is 42.1 Å². The average Bonchev–Trinajstić information content (AvgIpc) is 2.83. The van der Waals surface area contributed by atoms with Gasteiger partial charge >= 0.3 is 6.18 Å². The van der Waals surface area contributed by atoms with Crippen molar-refractivity contribution >= 4 is 11.4 Å². The molecule has 0 fully saturated rings. The first-order chi connectivity index (χ1) is 9.45. The first kappa shape index (κ1) is 12.8. The van der Waals surface area contributed by atoms with Gasteiger partial charge in [-0.3, -0.25) is 0 Å². The molecular formula is C14H12F3N3. The van der Waals surface area contributed by atoms with Crippen molar-refractivity contribution in [3.05, 3.63) is 53.3 Å². The van der Waals surface area contributed by atoms with Crippen molar-refractivity contribution < 1.29 is 13.2 Å². The Balaban J connectivity index is 1.85. The molecule has 1 aromatic carbocycles. The number of anilines is 2. The van der Waals surface area contributed by atoms with Gasteiger partial charge in [-0.1, -0.05) is 12.1 Å². The monoisotopic (exact) mass is 279 g/mol. The van der Waals surface area contributed by atoms with Crippen molar-refractivity contribution in [2.24, 2.45) is 0 Å². The quantitative estimate of drug-likeness (QED) is 0.815. The van der Waals surface area contributed by atoms with E-state index < -0.39 is 11.9 Å². The lowest BCUT2D eigenvalue weighted by Crippen LogP contribution is -2.16. The zero-order valence-corrected chi connectivity index (χ0v) is 10.5. The number of rotatable bonds is 1. The lowest BCUT2D eigenvalue weighted by Gasteiger charge is -2.17. The lowest BCUT2D eigenvalue weighted by molar-refractivity contribution is -0.141. The summed E-state index contributed by atoms with van der Waals surface area (Å²) in [5.74, 6) is 0. The normalized spacial score (nSPS) is 14.4. The third-order valence-corrected chi connectivity index (χ3v) is 3.42. The van der Waals surface area contributed by atoms with Crippen molar-refractivity contribution in [2.75, 3.05) is 10.6 Å². The summed E-state index contributed by atoms with van der Waals surface area (Å²) in [6.07, 6.45) is -3.15. The van der Waals surface area contributed by atoms with Gasteiger partial charge in [0.05, 0.1) is 11.9 Å². The largest absolute Gasteiger partial charge is 0.433 e. The summed E-state index contributed by atoms with van der Waals surface area (Å²) >= 11 is 0. The van der Waals surface area contributed by atoms with Gasteiger partial charge in [0.15, 0.2) is 0 Å². The fraction of sp³-hybridized carbons (Fsp3) is 0.214. The summed E-state index contributed by atoms with van der Waals surface area (Å²) < 4.78 is 37.4. The van der Waals surface area contributed by atoms with Crippen LogP contribution >= 0.6 is 0 Å². The van der Waals surface area contributed by atoms with Crippen molar-refractivity contribution in [3.63, 3.8) is 0 Å². The number of hydrogen-bond donors (Lipinski definition) is 1. The second kappa shape index (κ2) is 4.40. The summed E-state index contributed by atoms with van der Waals surface area (Å²) in [6, 6.07) is 8.12. The molecule has 0 spiro atoms. The zero-order chi connectivity index (χ0) is 14.3. The molecule has 0 bridgehead atoms. The van der Waals surface area contributed by atoms with E-state index in [9.17, 15) is 13.2 Å². The van der Waals surface area contributed by atoms with Crippen LogP contribution in [0.25, 0.3) is 0 Å². The molecule has 1 aliphatic rings. The Morgan fingerprint density at radius 3 is 2.50 bits per heavy atom. The summed E-state index contributed by atoms with van der Waals surface area (Å²) in [5, 5.41) is 0. The number of pyridine rings is 1. The van der Waals surface area contributed by atoms with Crippen LogP contribution in [0.15, 0.2) is 36.5 Å². The van der Waals surface area contributed by atoms with Crippen LogP contribution in [0, 0.1) is 0 Å². The first-order valence-corrected chi connectivity index (χ1v) is 6.09. The van der Waals surface area contributed by atoms with E-state index in [0.717, 1.165) is 17.2 Å². The smallest absolute Gasteiger partial charge is 0.398 e. The Labute approximate surface area is 113 Å². The number of hydrogen-bond acceptors (Lipinski definition) is 3. The summed E-state index contributed by atoms with van der Waals surface area (Å²) in [5.41, 5.74) is 8.53. The van der Waals surface area contributed by atoms with Crippen molar-refractivity contribution in [2.45, 2.75) is 19.3 Å². The molecule has 0 saturated carbocycles. The van der Waals surface area contributed by atoms with Gasteiger partial charge in [-0.15, -0.1) is 0 Å². The first-order valence-electron chi connectivity index (χ1n) is 6.09. The molecule has 3 nitrogen and oxygen atoms in total. The predicted octanol–water partition coefficient (Wildman–Crippen LogP) is 3.20. The van der Waals surface area contributed by atoms with Gasteiger partial charge in [0, 0.05) is 18.8 Å². The minimum atomic E-state index is -4.41. The van der Waals surface area contributed by atoms with E-state index in [2.05, 4.69) is 4.98 Å². The fourth-order valence-electron chi connectivity index (χ4n) is 2.37. The Morgan fingerprint density at radius 2 is 1.90 bits per heavy atom. The molecule has 0 atom stereocenters. The molecule has 2 N–H and O–H groups in total. The molecule has 3 rings (SSSR count). The number of nitrogens with two attached hydrogens (primary N) is 1. The van der Waals surface area contributed by atoms with E-state index in [0.29, 0.717) is 24.5 Å². The molecule has 2 heterocycles. The molecule has 104 valence electrons. The molecular weight excluding hydrogens is 267 g/mol. The van der Waals surface area contributed by atoms with Gasteiger partial charge in [-0.2, -0.15) is 13.2 Å². The van der Waals surface area contributed by atoms with Gasteiger partial charge in [0.1, 0.15) is 5.69 Å². The Hall–Kier alpha value is -2.24. The van der Waals surface area contributed by atoms with Crippen LogP contribution in [0.4, 0.5) is 24.5 Å².